The van der Waals surface area contributed by atoms with Gasteiger partial charge in [0.15, 0.2) is 0 Å². The molecule has 0 aromatic carbocycles. The van der Waals surface area contributed by atoms with Crippen molar-refractivity contribution in [3.05, 3.63) is 0 Å². The molecule has 0 spiro atoms. The van der Waals surface area contributed by atoms with Crippen molar-refractivity contribution in [1.82, 2.24) is 0 Å². The van der Waals surface area contributed by atoms with Crippen LogP contribution in [0.4, 0.5) is 0 Å². The number of rotatable bonds is 1. The van der Waals surface area contributed by atoms with E-state index in [4.69, 9.17) is 51.1 Å². The van der Waals surface area contributed by atoms with Crippen molar-refractivity contribution >= 4 is 53.4 Å². The monoisotopic (exact) mass is 395 g/mol. The molecule has 0 fully saturated rings. The van der Waals surface area contributed by atoms with Gasteiger partial charge in [-0.3, -0.25) is 19.2 Å². The molecule has 0 rings (SSSR count). The zero-order valence-corrected chi connectivity index (χ0v) is 24.0. The van der Waals surface area contributed by atoms with E-state index in [1.165, 1.54) is 0 Å². The average molecular weight is 395 g/mol. The summed E-state index contributed by atoms with van der Waals surface area (Å²) in [5, 5.41) is 29.7. The molecule has 0 bridgehead atoms. The van der Waals surface area contributed by atoms with Crippen LogP contribution < -0.4 is 100 Å². The van der Waals surface area contributed by atoms with Gasteiger partial charge in [0.05, 0.1) is 0 Å². The SMILES string of the molecule is CC(=O)O.CC(=O)O.CC(=O)O.CC(=O)O.NCCN.[H-].[H-].[H-].[Na+].[Na+].[Na+].[Na]. The molecule has 0 saturated carbocycles. The first kappa shape index (κ1) is 56.2. The molecule has 0 atom stereocenters. The van der Waals surface area contributed by atoms with Gasteiger partial charge in [0.25, 0.3) is 23.9 Å². The Labute approximate surface area is 235 Å². The third-order valence-electron chi connectivity index (χ3n) is 0.167. The van der Waals surface area contributed by atoms with E-state index >= 15 is 0 Å². The number of aliphatic carboxylic acids is 4. The smallest absolute Gasteiger partial charge is 1.00 e. The van der Waals surface area contributed by atoms with E-state index in [1.807, 2.05) is 0 Å². The largest absolute Gasteiger partial charge is 1.00 e. The van der Waals surface area contributed by atoms with E-state index in [2.05, 4.69) is 0 Å². The van der Waals surface area contributed by atoms with Gasteiger partial charge in [0.1, 0.15) is 0 Å². The Morgan fingerprint density at radius 2 is 0.667 bits per heavy atom. The maximum Gasteiger partial charge on any atom is 1.00 e. The molecule has 0 aliphatic rings. The molecule has 8 N–H and O–H groups in total. The fourth-order valence-corrected chi connectivity index (χ4v) is 0. The normalized spacial score (nSPS) is 5.42. The molecule has 1 radical (unpaired) electrons. The predicted octanol–water partition coefficient (Wildman–Crippen LogP) is -9.76. The average Bonchev–Trinajstić information content (AvgIpc) is 2.13. The van der Waals surface area contributed by atoms with Gasteiger partial charge in [-0.25, -0.2) is 0 Å². The molecule has 24 heavy (non-hydrogen) atoms. The van der Waals surface area contributed by atoms with Crippen molar-refractivity contribution in [2.45, 2.75) is 27.7 Å². The van der Waals surface area contributed by atoms with Gasteiger partial charge < -0.3 is 36.2 Å². The molecule has 10 nitrogen and oxygen atoms in total. The molecule has 0 aliphatic carbocycles. The van der Waals surface area contributed by atoms with E-state index < -0.39 is 23.9 Å². The number of nitrogens with two attached hydrogens (primary N) is 2. The van der Waals surface area contributed by atoms with E-state index in [1.54, 1.807) is 0 Å². The van der Waals surface area contributed by atoms with Crippen molar-refractivity contribution in [2.75, 3.05) is 13.1 Å². The number of carboxylic acid groups (broad SMARTS) is 4. The van der Waals surface area contributed by atoms with E-state index in [9.17, 15) is 0 Å². The topological polar surface area (TPSA) is 201 Å². The van der Waals surface area contributed by atoms with Gasteiger partial charge in [0.2, 0.25) is 0 Å². The van der Waals surface area contributed by atoms with Crippen molar-refractivity contribution in [2.24, 2.45) is 11.5 Å². The molecule has 0 aromatic heterocycles. The van der Waals surface area contributed by atoms with Crippen LogP contribution in [0.3, 0.4) is 0 Å². The standard InChI is InChI=1S/C2H8N2.4C2H4O2.4Na.3H/c3-1-2-4;4*1-2(3)4;;;;;;;/h1-4H2;4*1H3,(H,3,4);;;;;;;/q;;;;;;3*+1;3*-1. The van der Waals surface area contributed by atoms with Crippen LogP contribution in [0.2, 0.25) is 0 Å². The van der Waals surface area contributed by atoms with E-state index in [0.29, 0.717) is 13.1 Å². The molecule has 129 valence electrons. The van der Waals surface area contributed by atoms with Crippen LogP contribution >= 0.6 is 0 Å². The molecule has 0 heterocycles. The van der Waals surface area contributed by atoms with Crippen LogP contribution in [0.15, 0.2) is 0 Å². The van der Waals surface area contributed by atoms with Crippen molar-refractivity contribution < 1.29 is 133 Å². The molecular formula is C10H27N2Na4O8. The van der Waals surface area contributed by atoms with Gasteiger partial charge in [-0.2, -0.15) is 0 Å². The number of carbonyl (C=O) groups is 4. The summed E-state index contributed by atoms with van der Waals surface area (Å²) in [6.07, 6.45) is 0. The van der Waals surface area contributed by atoms with Gasteiger partial charge in [-0.15, -0.1) is 0 Å². The Kier molecular flexibility index (Phi) is 132. The Bertz CT molecular complexity index is 219. The minimum atomic E-state index is -0.833. The summed E-state index contributed by atoms with van der Waals surface area (Å²) >= 11 is 0. The summed E-state index contributed by atoms with van der Waals surface area (Å²) in [5.41, 5.74) is 9.81. The Morgan fingerprint density at radius 1 is 0.625 bits per heavy atom. The van der Waals surface area contributed by atoms with Crippen LogP contribution in [0, 0.1) is 0 Å². The van der Waals surface area contributed by atoms with Crippen LogP contribution in [0.5, 0.6) is 0 Å². The first-order valence-electron chi connectivity index (χ1n) is 5.03. The van der Waals surface area contributed by atoms with Gasteiger partial charge in [0, 0.05) is 70.3 Å². The molecule has 0 unspecified atom stereocenters. The van der Waals surface area contributed by atoms with Gasteiger partial charge in [-0.1, -0.05) is 0 Å². The first-order valence-corrected chi connectivity index (χ1v) is 5.03. The third kappa shape index (κ3) is 1580. The minimum Gasteiger partial charge on any atom is -1.00 e. The maximum atomic E-state index is 9.00. The second kappa shape index (κ2) is 56.3. The molecular weight excluding hydrogens is 368 g/mol. The summed E-state index contributed by atoms with van der Waals surface area (Å²) in [4.78, 5) is 36.0. The van der Waals surface area contributed by atoms with Crippen LogP contribution in [-0.4, -0.2) is 87.0 Å². The van der Waals surface area contributed by atoms with E-state index in [-0.39, 0.29) is 123 Å². The fraction of sp³-hybridized carbons (Fsp3) is 0.600. The van der Waals surface area contributed by atoms with Crippen molar-refractivity contribution in [1.29, 1.82) is 0 Å². The van der Waals surface area contributed by atoms with Crippen LogP contribution in [0.25, 0.3) is 0 Å². The summed E-state index contributed by atoms with van der Waals surface area (Å²) < 4.78 is 0. The fourth-order valence-electron chi connectivity index (χ4n) is 0. The Hall–Kier alpha value is 1.80. The van der Waals surface area contributed by atoms with Crippen molar-refractivity contribution in [3.8, 4) is 0 Å². The van der Waals surface area contributed by atoms with Gasteiger partial charge in [-0.05, 0) is 0 Å². The summed E-state index contributed by atoms with van der Waals surface area (Å²) in [6.45, 7) is 5.53. The van der Waals surface area contributed by atoms with Crippen LogP contribution in [-0.2, 0) is 19.2 Å². The number of carboxylic acids is 4. The second-order valence-corrected chi connectivity index (χ2v) is 2.65. The Morgan fingerprint density at radius 3 is 0.667 bits per heavy atom. The summed E-state index contributed by atoms with van der Waals surface area (Å²) in [7, 11) is 0. The third-order valence-corrected chi connectivity index (χ3v) is 0.167. The quantitative estimate of drug-likeness (QED) is 0.231. The molecule has 0 aromatic rings. The van der Waals surface area contributed by atoms with Gasteiger partial charge >= 0.3 is 88.7 Å². The predicted molar refractivity (Wildman–Crippen MR) is 80.4 cm³/mol. The van der Waals surface area contributed by atoms with E-state index in [0.717, 1.165) is 27.7 Å². The maximum absolute atomic E-state index is 9.00. The minimum absolute atomic E-state index is 0. The summed E-state index contributed by atoms with van der Waals surface area (Å²) in [6, 6.07) is 0. The first-order chi connectivity index (χ1) is 8.84. The summed E-state index contributed by atoms with van der Waals surface area (Å²) in [5.74, 6) is -3.33. The molecule has 14 heteroatoms. The molecule has 0 saturated heterocycles. The number of hydrogen-bond acceptors (Lipinski definition) is 6. The number of hydrogen-bond donors (Lipinski definition) is 6. The Balaban J connectivity index is -0.00000000978. The zero-order chi connectivity index (χ0) is 17.7. The molecule has 0 aliphatic heterocycles. The van der Waals surface area contributed by atoms with Crippen LogP contribution in [0.1, 0.15) is 32.0 Å². The zero-order valence-electron chi connectivity index (χ0n) is 19.0. The second-order valence-electron chi connectivity index (χ2n) is 2.65. The molecule has 0 amide bonds. The van der Waals surface area contributed by atoms with Crippen molar-refractivity contribution in [3.63, 3.8) is 0 Å².